The summed E-state index contributed by atoms with van der Waals surface area (Å²) in [6.07, 6.45) is 15.7. The van der Waals surface area contributed by atoms with Gasteiger partial charge < -0.3 is 5.32 Å². The summed E-state index contributed by atoms with van der Waals surface area (Å²) < 4.78 is 0. The molecule has 0 saturated heterocycles. The molecule has 0 bridgehead atoms. The molecule has 0 aromatic carbocycles. The normalized spacial score (nSPS) is 29.2. The Kier molecular flexibility index (Phi) is 10.1. The molecule has 1 N–H and O–H groups in total. The van der Waals surface area contributed by atoms with Crippen LogP contribution in [0.3, 0.4) is 0 Å². The summed E-state index contributed by atoms with van der Waals surface area (Å²) in [7, 11) is 2.17. The highest BCUT2D eigenvalue weighted by molar-refractivity contribution is 8.00. The third kappa shape index (κ3) is 7.60. The zero-order valence-electron chi connectivity index (χ0n) is 13.4. The molecule has 2 heteroatoms. The van der Waals surface area contributed by atoms with Crippen LogP contribution in [0.2, 0.25) is 0 Å². The Labute approximate surface area is 125 Å². The molecule has 0 spiro atoms. The van der Waals surface area contributed by atoms with Crippen molar-refractivity contribution in [3.63, 3.8) is 0 Å². The minimum absolute atomic E-state index is 0.735. The van der Waals surface area contributed by atoms with Crippen LogP contribution in [-0.4, -0.2) is 23.6 Å². The Balaban J connectivity index is 2.50. The first-order valence-corrected chi connectivity index (χ1v) is 9.55. The number of thioether (sulfide) groups is 1. The molecule has 0 aliphatic heterocycles. The van der Waals surface area contributed by atoms with Crippen LogP contribution in [0.15, 0.2) is 0 Å². The summed E-state index contributed by atoms with van der Waals surface area (Å²) in [5, 5.41) is 5.26. The lowest BCUT2D eigenvalue weighted by Crippen LogP contribution is -2.36. The number of rotatable bonds is 4. The van der Waals surface area contributed by atoms with E-state index in [1.54, 1.807) is 0 Å². The Hall–Kier alpha value is 0.310. The molecule has 0 radical (unpaired) electrons. The topological polar surface area (TPSA) is 12.0 Å². The van der Waals surface area contributed by atoms with Gasteiger partial charge in [0.2, 0.25) is 0 Å². The first kappa shape index (κ1) is 17.4. The molecule has 1 aliphatic carbocycles. The predicted molar refractivity (Wildman–Crippen MR) is 90.1 cm³/mol. The maximum atomic E-state index is 3.61. The largest absolute Gasteiger partial charge is 0.316 e. The number of hydrogen-bond acceptors (Lipinski definition) is 2. The van der Waals surface area contributed by atoms with E-state index < -0.39 is 0 Å². The molecule has 0 aromatic heterocycles. The Morgan fingerprint density at radius 2 is 1.47 bits per heavy atom. The Morgan fingerprint density at radius 3 is 2.00 bits per heavy atom. The monoisotopic (exact) mass is 285 g/mol. The highest BCUT2D eigenvalue weighted by atomic mass is 32.2. The average Bonchev–Trinajstić information content (AvgIpc) is 2.41. The highest BCUT2D eigenvalue weighted by Gasteiger charge is 2.22. The van der Waals surface area contributed by atoms with Crippen molar-refractivity contribution in [2.24, 2.45) is 0 Å². The van der Waals surface area contributed by atoms with Gasteiger partial charge in [-0.1, -0.05) is 65.2 Å². The van der Waals surface area contributed by atoms with Gasteiger partial charge in [0.15, 0.2) is 0 Å². The lowest BCUT2D eigenvalue weighted by Gasteiger charge is -2.29. The van der Waals surface area contributed by atoms with Crippen LogP contribution in [0.5, 0.6) is 0 Å². The Bertz CT molecular complexity index is 207. The molecule has 0 aromatic rings. The van der Waals surface area contributed by atoms with Gasteiger partial charge in [0.05, 0.1) is 0 Å². The van der Waals surface area contributed by atoms with Crippen molar-refractivity contribution in [1.82, 2.24) is 5.32 Å². The van der Waals surface area contributed by atoms with Crippen molar-refractivity contribution >= 4 is 11.8 Å². The van der Waals surface area contributed by atoms with Crippen LogP contribution in [0.4, 0.5) is 0 Å². The third-order valence-electron chi connectivity index (χ3n) is 4.56. The molecule has 3 unspecified atom stereocenters. The standard InChI is InChI=1S/C17H35NS/c1-4-15(2)19-17-14-12-10-8-6-5-7-9-11-13-16(17)18-3/h15-18H,4-14H2,1-3H3. The summed E-state index contributed by atoms with van der Waals surface area (Å²) in [5.41, 5.74) is 0. The lowest BCUT2D eigenvalue weighted by atomic mass is 9.97. The minimum Gasteiger partial charge on any atom is -0.316 e. The molecule has 19 heavy (non-hydrogen) atoms. The average molecular weight is 286 g/mol. The molecule has 1 rings (SSSR count). The van der Waals surface area contributed by atoms with Gasteiger partial charge in [-0.15, -0.1) is 0 Å². The van der Waals surface area contributed by atoms with Gasteiger partial charge in [0, 0.05) is 16.5 Å². The van der Waals surface area contributed by atoms with Gasteiger partial charge in [-0.3, -0.25) is 0 Å². The first-order valence-electron chi connectivity index (χ1n) is 8.60. The van der Waals surface area contributed by atoms with Crippen LogP contribution >= 0.6 is 11.8 Å². The van der Waals surface area contributed by atoms with E-state index in [9.17, 15) is 0 Å². The summed E-state index contributed by atoms with van der Waals surface area (Å²) in [6.45, 7) is 4.72. The van der Waals surface area contributed by atoms with E-state index in [1.165, 1.54) is 70.6 Å². The van der Waals surface area contributed by atoms with Crippen molar-refractivity contribution < 1.29 is 0 Å². The molecule has 0 heterocycles. The fraction of sp³-hybridized carbons (Fsp3) is 1.00. The molecule has 0 amide bonds. The zero-order valence-corrected chi connectivity index (χ0v) is 14.2. The second-order valence-electron chi connectivity index (χ2n) is 6.19. The lowest BCUT2D eigenvalue weighted by molar-refractivity contribution is 0.433. The quantitative estimate of drug-likeness (QED) is 0.743. The van der Waals surface area contributed by atoms with Crippen LogP contribution in [0.1, 0.15) is 84.5 Å². The van der Waals surface area contributed by atoms with Crippen molar-refractivity contribution in [1.29, 1.82) is 0 Å². The molecule has 1 fully saturated rings. The Morgan fingerprint density at radius 1 is 0.947 bits per heavy atom. The summed E-state index contributed by atoms with van der Waals surface area (Å²) in [5.74, 6) is 0. The van der Waals surface area contributed by atoms with Gasteiger partial charge in [-0.2, -0.15) is 11.8 Å². The second-order valence-corrected chi connectivity index (χ2v) is 7.88. The number of hydrogen-bond donors (Lipinski definition) is 1. The molecule has 114 valence electrons. The van der Waals surface area contributed by atoms with Gasteiger partial charge in [0.25, 0.3) is 0 Å². The van der Waals surface area contributed by atoms with Gasteiger partial charge in [-0.25, -0.2) is 0 Å². The fourth-order valence-corrected chi connectivity index (χ4v) is 4.60. The fourth-order valence-electron chi connectivity index (χ4n) is 3.05. The van der Waals surface area contributed by atoms with Crippen LogP contribution < -0.4 is 5.32 Å². The smallest absolute Gasteiger partial charge is 0.0203 e. The van der Waals surface area contributed by atoms with Gasteiger partial charge in [-0.05, 0) is 26.3 Å². The molecular weight excluding hydrogens is 250 g/mol. The van der Waals surface area contributed by atoms with E-state index in [-0.39, 0.29) is 0 Å². The van der Waals surface area contributed by atoms with Crippen molar-refractivity contribution in [3.05, 3.63) is 0 Å². The van der Waals surface area contributed by atoms with E-state index in [0.29, 0.717) is 0 Å². The van der Waals surface area contributed by atoms with Gasteiger partial charge >= 0.3 is 0 Å². The zero-order chi connectivity index (χ0) is 13.9. The third-order valence-corrected chi connectivity index (χ3v) is 6.27. The SMILES string of the molecule is CCC(C)SC1CCCCCCCCCCC1NC. The predicted octanol–water partition coefficient (Wildman–Crippen LogP) is 5.39. The summed E-state index contributed by atoms with van der Waals surface area (Å²) >= 11 is 2.24. The number of nitrogens with one attached hydrogen (secondary N) is 1. The van der Waals surface area contributed by atoms with Crippen molar-refractivity contribution in [2.45, 2.75) is 101 Å². The second kappa shape index (κ2) is 11.0. The molecule has 1 nitrogen and oxygen atoms in total. The highest BCUT2D eigenvalue weighted by Crippen LogP contribution is 2.29. The van der Waals surface area contributed by atoms with Crippen LogP contribution in [0, 0.1) is 0 Å². The van der Waals surface area contributed by atoms with Crippen LogP contribution in [-0.2, 0) is 0 Å². The van der Waals surface area contributed by atoms with Crippen molar-refractivity contribution in [3.8, 4) is 0 Å². The van der Waals surface area contributed by atoms with E-state index in [4.69, 9.17) is 0 Å². The molecule has 1 aliphatic rings. The van der Waals surface area contributed by atoms with E-state index in [2.05, 4.69) is 38.0 Å². The summed E-state index contributed by atoms with van der Waals surface area (Å²) in [6, 6.07) is 0.735. The van der Waals surface area contributed by atoms with E-state index >= 15 is 0 Å². The van der Waals surface area contributed by atoms with Crippen LogP contribution in [0.25, 0.3) is 0 Å². The maximum Gasteiger partial charge on any atom is 0.0203 e. The van der Waals surface area contributed by atoms with E-state index in [0.717, 1.165) is 16.5 Å². The maximum absolute atomic E-state index is 3.61. The molecular formula is C17H35NS. The molecule has 1 saturated carbocycles. The minimum atomic E-state index is 0.735. The van der Waals surface area contributed by atoms with E-state index in [1.807, 2.05) is 0 Å². The summed E-state index contributed by atoms with van der Waals surface area (Å²) in [4.78, 5) is 0. The molecule has 3 atom stereocenters. The first-order chi connectivity index (χ1) is 9.27. The van der Waals surface area contributed by atoms with Gasteiger partial charge in [0.1, 0.15) is 0 Å². The van der Waals surface area contributed by atoms with Crippen molar-refractivity contribution in [2.75, 3.05) is 7.05 Å².